The van der Waals surface area contributed by atoms with Crippen molar-refractivity contribution in [1.29, 1.82) is 0 Å². The smallest absolute Gasteiger partial charge is 0.272 e. The summed E-state index contributed by atoms with van der Waals surface area (Å²) >= 11 is 31.0. The minimum atomic E-state index is -1.38. The normalized spacial score (nSPS) is 18.2. The molecular formula is C24H14Cl5F2N3O2. The Balaban J connectivity index is 1.46. The van der Waals surface area contributed by atoms with Gasteiger partial charge in [0, 0.05) is 27.2 Å². The van der Waals surface area contributed by atoms with Crippen LogP contribution in [0.25, 0.3) is 0 Å². The van der Waals surface area contributed by atoms with Gasteiger partial charge in [0.2, 0.25) is 5.91 Å². The molecule has 3 aromatic carbocycles. The lowest BCUT2D eigenvalue weighted by atomic mass is 10.1. The Morgan fingerprint density at radius 3 is 2.33 bits per heavy atom. The molecule has 12 heteroatoms. The Kier molecular flexibility index (Phi) is 7.78. The lowest BCUT2D eigenvalue weighted by Crippen LogP contribution is -2.20. The highest BCUT2D eigenvalue weighted by atomic mass is 35.5. The van der Waals surface area contributed by atoms with E-state index < -0.39 is 39.6 Å². The zero-order valence-corrected chi connectivity index (χ0v) is 21.6. The molecule has 0 radical (unpaired) electrons. The third-order valence-corrected chi connectivity index (χ3v) is 7.09. The molecule has 2 unspecified atom stereocenters. The van der Waals surface area contributed by atoms with Gasteiger partial charge < -0.3 is 5.32 Å². The van der Waals surface area contributed by atoms with Crippen molar-refractivity contribution in [3.8, 4) is 0 Å². The monoisotopic (exact) mass is 589 g/mol. The van der Waals surface area contributed by atoms with Crippen molar-refractivity contribution in [2.45, 2.75) is 10.3 Å². The molecule has 2 atom stereocenters. The Hall–Kier alpha value is -2.42. The Morgan fingerprint density at radius 1 is 0.944 bits per heavy atom. The van der Waals surface area contributed by atoms with Gasteiger partial charge in [-0.2, -0.15) is 5.10 Å². The van der Waals surface area contributed by atoms with Crippen LogP contribution in [0.15, 0.2) is 59.7 Å². The molecule has 1 aliphatic rings. The van der Waals surface area contributed by atoms with Crippen LogP contribution in [-0.4, -0.2) is 22.4 Å². The largest absolute Gasteiger partial charge is 0.326 e. The van der Waals surface area contributed by atoms with Gasteiger partial charge in [-0.15, -0.1) is 23.2 Å². The molecule has 0 aromatic heterocycles. The molecule has 1 aliphatic carbocycles. The summed E-state index contributed by atoms with van der Waals surface area (Å²) in [5, 5.41) is 7.12. The van der Waals surface area contributed by atoms with Crippen LogP contribution >= 0.6 is 58.0 Å². The first kappa shape index (κ1) is 26.6. The highest BCUT2D eigenvalue weighted by molar-refractivity contribution is 6.53. The van der Waals surface area contributed by atoms with Crippen LogP contribution < -0.4 is 10.7 Å². The number of nitrogens with zero attached hydrogens (tertiary/aromatic N) is 1. The van der Waals surface area contributed by atoms with E-state index in [0.29, 0.717) is 15.6 Å². The lowest BCUT2D eigenvalue weighted by Gasteiger charge is -2.09. The van der Waals surface area contributed by atoms with Crippen LogP contribution in [0.2, 0.25) is 15.1 Å². The van der Waals surface area contributed by atoms with Gasteiger partial charge in [0.15, 0.2) is 0 Å². The van der Waals surface area contributed by atoms with E-state index in [-0.39, 0.29) is 21.8 Å². The summed E-state index contributed by atoms with van der Waals surface area (Å²) in [6, 6.07) is 11.8. The molecular weight excluding hydrogens is 578 g/mol. The number of carbonyl (C=O) groups is 2. The van der Waals surface area contributed by atoms with Gasteiger partial charge in [-0.05, 0) is 60.2 Å². The van der Waals surface area contributed by atoms with Gasteiger partial charge in [0.05, 0.1) is 22.7 Å². The average Bonchev–Trinajstić information content (AvgIpc) is 3.38. The van der Waals surface area contributed by atoms with Crippen LogP contribution in [0.1, 0.15) is 27.4 Å². The molecule has 0 bridgehead atoms. The summed E-state index contributed by atoms with van der Waals surface area (Å²) in [5.41, 5.74) is 2.85. The molecule has 5 nitrogen and oxygen atoms in total. The van der Waals surface area contributed by atoms with E-state index in [9.17, 15) is 18.4 Å². The summed E-state index contributed by atoms with van der Waals surface area (Å²) in [6.45, 7) is 0. The summed E-state index contributed by atoms with van der Waals surface area (Å²) in [4.78, 5) is 25.5. The Morgan fingerprint density at radius 2 is 1.64 bits per heavy atom. The minimum Gasteiger partial charge on any atom is -0.326 e. The molecule has 0 spiro atoms. The standard InChI is InChI=1S/C24H14Cl5F2N3O2/c25-13-5-11(6-14(26)8-13)20-21(24(20,28)29)23(36)33-16-2-3-18(27)17(9-16)22(35)34-32-10-12-7-15(30)1-4-19(12)31/h1-10,20-21H,(H,33,36)(H,34,35)/b32-10+. The molecule has 0 heterocycles. The molecule has 0 saturated heterocycles. The van der Waals surface area contributed by atoms with E-state index in [1.807, 2.05) is 0 Å². The van der Waals surface area contributed by atoms with Gasteiger partial charge in [-0.25, -0.2) is 14.2 Å². The summed E-state index contributed by atoms with van der Waals surface area (Å²) < 4.78 is 25.6. The van der Waals surface area contributed by atoms with E-state index in [0.717, 1.165) is 24.4 Å². The predicted octanol–water partition coefficient (Wildman–Crippen LogP) is 7.21. The van der Waals surface area contributed by atoms with Crippen LogP contribution in [-0.2, 0) is 4.79 Å². The van der Waals surface area contributed by atoms with E-state index in [1.165, 1.54) is 18.2 Å². The molecule has 1 saturated carbocycles. The molecule has 36 heavy (non-hydrogen) atoms. The summed E-state index contributed by atoms with van der Waals surface area (Å²) in [6.07, 6.45) is 0.950. The van der Waals surface area contributed by atoms with Crippen molar-refractivity contribution >= 4 is 81.7 Å². The lowest BCUT2D eigenvalue weighted by molar-refractivity contribution is -0.117. The SMILES string of the molecule is O=C(N/N=C/c1cc(F)ccc1F)c1cc(NC(=O)C2C(c3cc(Cl)cc(Cl)c3)C2(Cl)Cl)ccc1Cl. The van der Waals surface area contributed by atoms with Gasteiger partial charge in [0.25, 0.3) is 5.91 Å². The second-order valence-corrected chi connectivity index (χ2v) is 10.6. The maximum Gasteiger partial charge on any atom is 0.272 e. The molecule has 1 fully saturated rings. The third-order valence-electron chi connectivity index (χ3n) is 5.39. The van der Waals surface area contributed by atoms with Crippen molar-refractivity contribution in [3.63, 3.8) is 0 Å². The fourth-order valence-corrected chi connectivity index (χ4v) is 5.23. The van der Waals surface area contributed by atoms with Crippen molar-refractivity contribution < 1.29 is 18.4 Å². The summed E-state index contributed by atoms with van der Waals surface area (Å²) in [5.74, 6) is -3.98. The molecule has 0 aliphatic heterocycles. The molecule has 186 valence electrons. The minimum absolute atomic E-state index is 0.0247. The maximum atomic E-state index is 13.7. The van der Waals surface area contributed by atoms with Crippen molar-refractivity contribution in [3.05, 3.63) is 98.0 Å². The van der Waals surface area contributed by atoms with E-state index >= 15 is 0 Å². The number of halogens is 7. The van der Waals surface area contributed by atoms with Crippen LogP contribution in [0.3, 0.4) is 0 Å². The highest BCUT2D eigenvalue weighted by Crippen LogP contribution is 2.65. The molecule has 2 N–H and O–H groups in total. The van der Waals surface area contributed by atoms with Gasteiger partial charge in [0.1, 0.15) is 16.0 Å². The number of amides is 2. The fraction of sp³-hybridized carbons (Fsp3) is 0.125. The average molecular weight is 592 g/mol. The maximum absolute atomic E-state index is 13.7. The number of alkyl halides is 2. The van der Waals surface area contributed by atoms with Gasteiger partial charge >= 0.3 is 0 Å². The number of hydrogen-bond donors (Lipinski definition) is 2. The van der Waals surface area contributed by atoms with Crippen molar-refractivity contribution in [2.75, 3.05) is 5.32 Å². The van der Waals surface area contributed by atoms with E-state index in [1.54, 1.807) is 18.2 Å². The van der Waals surface area contributed by atoms with Crippen LogP contribution in [0.4, 0.5) is 14.5 Å². The first-order valence-corrected chi connectivity index (χ1v) is 12.1. The number of hydrazone groups is 1. The van der Waals surface area contributed by atoms with Crippen LogP contribution in [0.5, 0.6) is 0 Å². The quantitative estimate of drug-likeness (QED) is 0.181. The third kappa shape index (κ3) is 5.76. The van der Waals surface area contributed by atoms with Gasteiger partial charge in [-0.3, -0.25) is 9.59 Å². The van der Waals surface area contributed by atoms with E-state index in [4.69, 9.17) is 58.0 Å². The molecule has 3 aromatic rings. The van der Waals surface area contributed by atoms with Crippen molar-refractivity contribution in [1.82, 2.24) is 5.43 Å². The molecule has 2 amide bonds. The second kappa shape index (κ2) is 10.5. The first-order chi connectivity index (χ1) is 17.0. The zero-order chi connectivity index (χ0) is 26.2. The number of anilines is 1. The number of nitrogens with one attached hydrogen (secondary N) is 2. The fourth-order valence-electron chi connectivity index (χ4n) is 3.65. The Bertz CT molecular complexity index is 1380. The number of carbonyl (C=O) groups excluding carboxylic acids is 2. The predicted molar refractivity (Wildman–Crippen MR) is 139 cm³/mol. The number of hydrogen-bond acceptors (Lipinski definition) is 3. The Labute approximate surface area is 229 Å². The van der Waals surface area contributed by atoms with Crippen molar-refractivity contribution in [2.24, 2.45) is 11.0 Å². The molecule has 4 rings (SSSR count). The summed E-state index contributed by atoms with van der Waals surface area (Å²) in [7, 11) is 0. The first-order valence-electron chi connectivity index (χ1n) is 10.2. The number of rotatable bonds is 6. The highest BCUT2D eigenvalue weighted by Gasteiger charge is 2.67. The van der Waals surface area contributed by atoms with Crippen LogP contribution in [0, 0.1) is 17.6 Å². The second-order valence-electron chi connectivity index (χ2n) is 7.88. The van der Waals surface area contributed by atoms with Gasteiger partial charge in [-0.1, -0.05) is 34.8 Å². The van der Waals surface area contributed by atoms with E-state index in [2.05, 4.69) is 15.8 Å². The topological polar surface area (TPSA) is 70.6 Å². The zero-order valence-electron chi connectivity index (χ0n) is 17.8. The number of benzene rings is 3.